The van der Waals surface area contributed by atoms with E-state index in [1.165, 1.54) is 0 Å². The number of benzene rings is 1. The van der Waals surface area contributed by atoms with E-state index in [0.29, 0.717) is 19.5 Å². The van der Waals surface area contributed by atoms with Gasteiger partial charge in [-0.1, -0.05) is 30.4 Å². The van der Waals surface area contributed by atoms with Gasteiger partial charge in [-0.3, -0.25) is 4.79 Å². The molecule has 1 aromatic carbocycles. The van der Waals surface area contributed by atoms with Crippen LogP contribution in [0.15, 0.2) is 49.6 Å². The van der Waals surface area contributed by atoms with Gasteiger partial charge in [-0.25, -0.2) is 0 Å². The van der Waals surface area contributed by atoms with E-state index in [1.54, 1.807) is 17.1 Å². The molecule has 0 saturated carbocycles. The van der Waals surface area contributed by atoms with Crippen LogP contribution in [0.3, 0.4) is 0 Å². The lowest BCUT2D eigenvalue weighted by molar-refractivity contribution is -0.136. The molecule has 1 atom stereocenters. The Balaban J connectivity index is 2.07. The summed E-state index contributed by atoms with van der Waals surface area (Å²) in [6.07, 6.45) is 3.65. The number of nitrogens with zero attached hydrogens (tertiary/aromatic N) is 1. The molecule has 1 aromatic rings. The van der Waals surface area contributed by atoms with Crippen molar-refractivity contribution in [2.45, 2.75) is 12.5 Å². The van der Waals surface area contributed by atoms with Crippen molar-refractivity contribution in [3.8, 4) is 5.75 Å². The average Bonchev–Trinajstić information content (AvgIpc) is 2.81. The van der Waals surface area contributed by atoms with Crippen molar-refractivity contribution >= 4 is 5.91 Å². The van der Waals surface area contributed by atoms with E-state index in [-0.39, 0.29) is 5.91 Å². The maximum absolute atomic E-state index is 12.3. The number of carbonyl (C=O) groups excluding carboxylic acids is 1. The van der Waals surface area contributed by atoms with E-state index in [0.717, 1.165) is 11.3 Å². The van der Waals surface area contributed by atoms with Gasteiger partial charge in [0.25, 0.3) is 5.91 Å². The molecule has 0 saturated heterocycles. The van der Waals surface area contributed by atoms with E-state index in [9.17, 15) is 4.79 Å². The third-order valence-electron chi connectivity index (χ3n) is 2.93. The first-order chi connectivity index (χ1) is 8.76. The Hall–Kier alpha value is -2.03. The molecule has 3 nitrogen and oxygen atoms in total. The molecular weight excluding hydrogens is 226 g/mol. The van der Waals surface area contributed by atoms with Gasteiger partial charge in [0.2, 0.25) is 0 Å². The molecule has 94 valence electrons. The van der Waals surface area contributed by atoms with Crippen molar-refractivity contribution in [3.05, 3.63) is 55.1 Å². The lowest BCUT2D eigenvalue weighted by Crippen LogP contribution is -2.41. The van der Waals surface area contributed by atoms with Crippen LogP contribution in [-0.4, -0.2) is 30.0 Å². The minimum Gasteiger partial charge on any atom is -0.480 e. The summed E-state index contributed by atoms with van der Waals surface area (Å²) in [5.41, 5.74) is 1.09. The topological polar surface area (TPSA) is 29.5 Å². The fourth-order valence-corrected chi connectivity index (χ4v) is 2.09. The monoisotopic (exact) mass is 243 g/mol. The highest BCUT2D eigenvalue weighted by Gasteiger charge is 2.31. The Kier molecular flexibility index (Phi) is 3.82. The van der Waals surface area contributed by atoms with Crippen molar-refractivity contribution in [2.75, 3.05) is 13.1 Å². The molecule has 0 bridgehead atoms. The molecule has 3 heteroatoms. The second kappa shape index (κ2) is 5.54. The van der Waals surface area contributed by atoms with Crippen LogP contribution in [0.2, 0.25) is 0 Å². The van der Waals surface area contributed by atoms with Gasteiger partial charge in [0.05, 0.1) is 0 Å². The number of ether oxygens (including phenoxy) is 1. The molecule has 1 heterocycles. The van der Waals surface area contributed by atoms with Gasteiger partial charge in [-0.2, -0.15) is 0 Å². The van der Waals surface area contributed by atoms with Gasteiger partial charge in [-0.15, -0.1) is 13.2 Å². The quantitative estimate of drug-likeness (QED) is 0.742. The third-order valence-corrected chi connectivity index (χ3v) is 2.93. The zero-order valence-corrected chi connectivity index (χ0v) is 10.3. The highest BCUT2D eigenvalue weighted by atomic mass is 16.5. The van der Waals surface area contributed by atoms with Crippen LogP contribution in [0.1, 0.15) is 5.56 Å². The van der Waals surface area contributed by atoms with Crippen molar-refractivity contribution in [1.29, 1.82) is 0 Å². The molecule has 18 heavy (non-hydrogen) atoms. The fourth-order valence-electron chi connectivity index (χ4n) is 2.09. The molecule has 0 radical (unpaired) electrons. The van der Waals surface area contributed by atoms with Crippen molar-refractivity contribution in [2.24, 2.45) is 0 Å². The van der Waals surface area contributed by atoms with Crippen LogP contribution in [-0.2, 0) is 11.2 Å². The summed E-state index contributed by atoms with van der Waals surface area (Å²) in [4.78, 5) is 14.0. The fraction of sp³-hybridized carbons (Fsp3) is 0.267. The largest absolute Gasteiger partial charge is 0.480 e. The Bertz CT molecular complexity index is 432. The van der Waals surface area contributed by atoms with Gasteiger partial charge >= 0.3 is 0 Å². The van der Waals surface area contributed by atoms with E-state index < -0.39 is 6.10 Å². The summed E-state index contributed by atoms with van der Waals surface area (Å²) in [5, 5.41) is 0. The lowest BCUT2D eigenvalue weighted by atomic mass is 10.1. The Morgan fingerprint density at radius 1 is 1.33 bits per heavy atom. The number of amides is 1. The molecule has 0 aliphatic carbocycles. The zero-order chi connectivity index (χ0) is 13.0. The maximum Gasteiger partial charge on any atom is 0.264 e. The first-order valence-corrected chi connectivity index (χ1v) is 6.01. The maximum atomic E-state index is 12.3. The van der Waals surface area contributed by atoms with Crippen LogP contribution in [0.4, 0.5) is 0 Å². The van der Waals surface area contributed by atoms with Gasteiger partial charge in [0, 0.05) is 19.5 Å². The van der Waals surface area contributed by atoms with Crippen LogP contribution >= 0.6 is 0 Å². The van der Waals surface area contributed by atoms with E-state index in [2.05, 4.69) is 13.2 Å². The molecule has 0 fully saturated rings. The second-order valence-corrected chi connectivity index (χ2v) is 4.24. The summed E-state index contributed by atoms with van der Waals surface area (Å²) >= 11 is 0. The summed E-state index contributed by atoms with van der Waals surface area (Å²) in [7, 11) is 0. The van der Waals surface area contributed by atoms with Gasteiger partial charge in [-0.05, 0) is 11.6 Å². The highest BCUT2D eigenvalue weighted by molar-refractivity contribution is 5.83. The predicted octanol–water partition coefficient (Wildman–Crippen LogP) is 2.19. The van der Waals surface area contributed by atoms with Gasteiger partial charge in [0.15, 0.2) is 6.10 Å². The number of hydrogen-bond acceptors (Lipinski definition) is 2. The summed E-state index contributed by atoms with van der Waals surface area (Å²) in [6.45, 7) is 8.35. The van der Waals surface area contributed by atoms with E-state index in [1.807, 2.05) is 24.3 Å². The summed E-state index contributed by atoms with van der Waals surface area (Å²) in [5.74, 6) is 0.805. The van der Waals surface area contributed by atoms with Crippen molar-refractivity contribution in [1.82, 2.24) is 4.90 Å². The normalized spacial score (nSPS) is 16.6. The predicted molar refractivity (Wildman–Crippen MR) is 71.5 cm³/mol. The van der Waals surface area contributed by atoms with Crippen LogP contribution < -0.4 is 4.74 Å². The van der Waals surface area contributed by atoms with Crippen molar-refractivity contribution < 1.29 is 9.53 Å². The summed E-state index contributed by atoms with van der Waals surface area (Å²) < 4.78 is 5.68. The van der Waals surface area contributed by atoms with E-state index in [4.69, 9.17) is 4.74 Å². The number of hydrogen-bond donors (Lipinski definition) is 0. The number of fused-ring (bicyclic) bond motifs is 1. The summed E-state index contributed by atoms with van der Waals surface area (Å²) in [6, 6.07) is 7.76. The smallest absolute Gasteiger partial charge is 0.264 e. The standard InChI is InChI=1S/C15H17NO2/c1-3-9-16(10-4-2)15(17)14-11-12-7-5-6-8-13(12)18-14/h3-8,14H,1-2,9-11H2. The highest BCUT2D eigenvalue weighted by Crippen LogP contribution is 2.28. The molecule has 2 rings (SSSR count). The number of carbonyl (C=O) groups is 1. The molecule has 1 aliphatic rings. The first kappa shape index (κ1) is 12.4. The molecule has 1 amide bonds. The Labute approximate surface area is 107 Å². The Morgan fingerprint density at radius 3 is 2.61 bits per heavy atom. The zero-order valence-electron chi connectivity index (χ0n) is 10.3. The van der Waals surface area contributed by atoms with Crippen LogP contribution in [0.25, 0.3) is 0 Å². The molecular formula is C15H17NO2. The van der Waals surface area contributed by atoms with Crippen LogP contribution in [0.5, 0.6) is 5.75 Å². The van der Waals surface area contributed by atoms with E-state index >= 15 is 0 Å². The molecule has 1 unspecified atom stereocenters. The first-order valence-electron chi connectivity index (χ1n) is 6.01. The van der Waals surface area contributed by atoms with Crippen LogP contribution in [0, 0.1) is 0 Å². The average molecular weight is 243 g/mol. The van der Waals surface area contributed by atoms with Gasteiger partial charge in [0.1, 0.15) is 5.75 Å². The third kappa shape index (κ3) is 2.45. The second-order valence-electron chi connectivity index (χ2n) is 4.24. The molecule has 0 aromatic heterocycles. The van der Waals surface area contributed by atoms with Gasteiger partial charge < -0.3 is 9.64 Å². The lowest BCUT2D eigenvalue weighted by Gasteiger charge is -2.22. The molecule has 0 spiro atoms. The number of para-hydroxylation sites is 1. The minimum atomic E-state index is -0.415. The SMILES string of the molecule is C=CCN(CC=C)C(=O)C1Cc2ccccc2O1. The number of rotatable bonds is 5. The molecule has 1 aliphatic heterocycles. The Morgan fingerprint density at radius 2 is 2.00 bits per heavy atom. The van der Waals surface area contributed by atoms with Crippen molar-refractivity contribution in [3.63, 3.8) is 0 Å². The molecule has 0 N–H and O–H groups in total. The minimum absolute atomic E-state index is 0.00833.